The number of carbonyl (C=O) groups is 1. The molecular weight excluding hydrogens is 274 g/mol. The third-order valence-electron chi connectivity index (χ3n) is 3.43. The number of carbonyl (C=O) groups excluding carboxylic acids is 1. The van der Waals surface area contributed by atoms with Crippen molar-refractivity contribution in [3.8, 4) is 0 Å². The Morgan fingerprint density at radius 1 is 1.43 bits per heavy atom. The normalized spacial score (nSPS) is 13.3. The van der Waals surface area contributed by atoms with E-state index in [4.69, 9.17) is 5.11 Å². The van der Waals surface area contributed by atoms with Gasteiger partial charge in [-0.05, 0) is 25.8 Å². The van der Waals surface area contributed by atoms with Crippen LogP contribution in [0.4, 0.5) is 11.4 Å². The second kappa shape index (κ2) is 7.58. The summed E-state index contributed by atoms with van der Waals surface area (Å²) < 4.78 is 0. The predicted molar refractivity (Wildman–Crippen MR) is 80.1 cm³/mol. The number of nitrogens with one attached hydrogen (secondary N) is 2. The standard InChI is InChI=1S/C14H21N3O4/c1-3-14(2,8-9-18)16-13(19)10-15-11-6-4-5-7-12(11)17(20)21/h4-7,15,18H,3,8-10H2,1-2H3,(H,16,19). The van der Waals surface area contributed by atoms with Gasteiger partial charge in [-0.1, -0.05) is 19.1 Å². The van der Waals surface area contributed by atoms with Crippen LogP contribution in [0, 0.1) is 10.1 Å². The van der Waals surface area contributed by atoms with Gasteiger partial charge in [-0.3, -0.25) is 14.9 Å². The van der Waals surface area contributed by atoms with Gasteiger partial charge in [0.2, 0.25) is 5.91 Å². The zero-order valence-electron chi connectivity index (χ0n) is 12.3. The highest BCUT2D eigenvalue weighted by molar-refractivity contribution is 5.82. The van der Waals surface area contributed by atoms with Gasteiger partial charge >= 0.3 is 0 Å². The van der Waals surface area contributed by atoms with Crippen molar-refractivity contribution in [1.82, 2.24) is 5.32 Å². The van der Waals surface area contributed by atoms with Gasteiger partial charge < -0.3 is 15.7 Å². The summed E-state index contributed by atoms with van der Waals surface area (Å²) in [6.45, 7) is 3.70. The molecule has 0 heterocycles. The molecule has 1 aromatic carbocycles. The summed E-state index contributed by atoms with van der Waals surface area (Å²) in [5.74, 6) is -0.272. The Labute approximate surface area is 123 Å². The number of nitro benzene ring substituents is 1. The first-order valence-electron chi connectivity index (χ1n) is 6.81. The maximum Gasteiger partial charge on any atom is 0.292 e. The van der Waals surface area contributed by atoms with E-state index in [0.29, 0.717) is 18.5 Å². The highest BCUT2D eigenvalue weighted by Crippen LogP contribution is 2.22. The lowest BCUT2D eigenvalue weighted by Crippen LogP contribution is -2.48. The van der Waals surface area contributed by atoms with Crippen molar-refractivity contribution >= 4 is 17.3 Å². The maximum absolute atomic E-state index is 11.9. The molecule has 0 aromatic heterocycles. The fourth-order valence-electron chi connectivity index (χ4n) is 1.91. The Balaban J connectivity index is 2.63. The zero-order valence-corrected chi connectivity index (χ0v) is 12.3. The van der Waals surface area contributed by atoms with Crippen LogP contribution in [0.2, 0.25) is 0 Å². The monoisotopic (exact) mass is 295 g/mol. The summed E-state index contributed by atoms with van der Waals surface area (Å²) in [6.07, 6.45) is 1.14. The minimum atomic E-state index is -0.498. The number of aliphatic hydroxyl groups excluding tert-OH is 1. The van der Waals surface area contributed by atoms with Crippen molar-refractivity contribution in [3.05, 3.63) is 34.4 Å². The summed E-state index contributed by atoms with van der Waals surface area (Å²) in [5.41, 5.74) is -0.243. The van der Waals surface area contributed by atoms with E-state index in [0.717, 1.165) is 0 Å². The summed E-state index contributed by atoms with van der Waals surface area (Å²) in [4.78, 5) is 22.3. The van der Waals surface area contributed by atoms with Crippen LogP contribution in [0.5, 0.6) is 0 Å². The van der Waals surface area contributed by atoms with Crippen LogP contribution < -0.4 is 10.6 Å². The number of hydrogen-bond donors (Lipinski definition) is 3. The summed E-state index contributed by atoms with van der Waals surface area (Å²) in [6, 6.07) is 6.16. The first kappa shape index (κ1) is 16.9. The lowest BCUT2D eigenvalue weighted by atomic mass is 9.95. The highest BCUT2D eigenvalue weighted by Gasteiger charge is 2.23. The zero-order chi connectivity index (χ0) is 15.9. The molecule has 0 fully saturated rings. The van der Waals surface area contributed by atoms with E-state index < -0.39 is 10.5 Å². The number of amides is 1. The first-order chi connectivity index (χ1) is 9.91. The Bertz CT molecular complexity index is 507. The predicted octanol–water partition coefficient (Wildman–Crippen LogP) is 1.67. The molecule has 0 aliphatic heterocycles. The topological polar surface area (TPSA) is 104 Å². The third kappa shape index (κ3) is 5.03. The highest BCUT2D eigenvalue weighted by atomic mass is 16.6. The average molecular weight is 295 g/mol. The molecule has 1 rings (SSSR count). The number of hydrogen-bond acceptors (Lipinski definition) is 5. The second-order valence-corrected chi connectivity index (χ2v) is 5.06. The molecule has 7 nitrogen and oxygen atoms in total. The molecule has 0 saturated heterocycles. The van der Waals surface area contributed by atoms with Gasteiger partial charge in [0.05, 0.1) is 11.5 Å². The number of anilines is 1. The van der Waals surface area contributed by atoms with Gasteiger partial charge in [0.25, 0.3) is 5.69 Å². The molecule has 116 valence electrons. The Hall–Kier alpha value is -2.15. The molecule has 1 unspecified atom stereocenters. The van der Waals surface area contributed by atoms with Crippen molar-refractivity contribution < 1.29 is 14.8 Å². The smallest absolute Gasteiger partial charge is 0.292 e. The van der Waals surface area contributed by atoms with E-state index in [9.17, 15) is 14.9 Å². The van der Waals surface area contributed by atoms with Crippen LogP contribution in [0.15, 0.2) is 24.3 Å². The minimum absolute atomic E-state index is 0.0117. The molecule has 21 heavy (non-hydrogen) atoms. The quantitative estimate of drug-likeness (QED) is 0.500. The molecule has 0 aliphatic rings. The molecule has 0 radical (unpaired) electrons. The van der Waals surface area contributed by atoms with Crippen molar-refractivity contribution in [3.63, 3.8) is 0 Å². The fourth-order valence-corrected chi connectivity index (χ4v) is 1.91. The van der Waals surface area contributed by atoms with Crippen molar-refractivity contribution in [2.24, 2.45) is 0 Å². The number of para-hydroxylation sites is 2. The van der Waals surface area contributed by atoms with Gasteiger partial charge in [0.1, 0.15) is 5.69 Å². The molecule has 0 bridgehead atoms. The molecule has 1 amide bonds. The molecule has 0 spiro atoms. The summed E-state index contributed by atoms with van der Waals surface area (Å²) in [7, 11) is 0. The fraction of sp³-hybridized carbons (Fsp3) is 0.500. The number of benzene rings is 1. The van der Waals surface area contributed by atoms with Crippen LogP contribution in [0.3, 0.4) is 0 Å². The van der Waals surface area contributed by atoms with Crippen LogP contribution >= 0.6 is 0 Å². The Kier molecular flexibility index (Phi) is 6.10. The lowest BCUT2D eigenvalue weighted by molar-refractivity contribution is -0.383. The lowest BCUT2D eigenvalue weighted by Gasteiger charge is -2.29. The van der Waals surface area contributed by atoms with Gasteiger partial charge in [-0.2, -0.15) is 0 Å². The number of rotatable bonds is 8. The maximum atomic E-state index is 11.9. The van der Waals surface area contributed by atoms with Crippen molar-refractivity contribution in [2.45, 2.75) is 32.2 Å². The van der Waals surface area contributed by atoms with E-state index in [-0.39, 0.29) is 24.7 Å². The Morgan fingerprint density at radius 3 is 2.67 bits per heavy atom. The minimum Gasteiger partial charge on any atom is -0.396 e. The summed E-state index contributed by atoms with van der Waals surface area (Å²) in [5, 5.41) is 25.5. The molecule has 7 heteroatoms. The van der Waals surface area contributed by atoms with E-state index in [1.165, 1.54) is 6.07 Å². The molecule has 3 N–H and O–H groups in total. The molecule has 0 aliphatic carbocycles. The van der Waals surface area contributed by atoms with E-state index >= 15 is 0 Å². The van der Waals surface area contributed by atoms with Crippen LogP contribution in [0.1, 0.15) is 26.7 Å². The largest absolute Gasteiger partial charge is 0.396 e. The molecule has 0 saturated carbocycles. The third-order valence-corrected chi connectivity index (χ3v) is 3.43. The molecular formula is C14H21N3O4. The van der Waals surface area contributed by atoms with E-state index in [1.807, 2.05) is 13.8 Å². The first-order valence-corrected chi connectivity index (χ1v) is 6.81. The second-order valence-electron chi connectivity index (χ2n) is 5.06. The number of aliphatic hydroxyl groups is 1. The van der Waals surface area contributed by atoms with Crippen molar-refractivity contribution in [2.75, 3.05) is 18.5 Å². The van der Waals surface area contributed by atoms with Crippen LogP contribution in [-0.4, -0.2) is 34.6 Å². The van der Waals surface area contributed by atoms with Gasteiger partial charge in [-0.25, -0.2) is 0 Å². The van der Waals surface area contributed by atoms with Gasteiger partial charge in [0.15, 0.2) is 0 Å². The average Bonchev–Trinajstić information content (AvgIpc) is 2.45. The van der Waals surface area contributed by atoms with Crippen LogP contribution in [0.25, 0.3) is 0 Å². The Morgan fingerprint density at radius 2 is 2.10 bits per heavy atom. The number of nitrogens with zero attached hydrogens (tertiary/aromatic N) is 1. The van der Waals surface area contributed by atoms with E-state index in [1.54, 1.807) is 18.2 Å². The van der Waals surface area contributed by atoms with E-state index in [2.05, 4.69) is 10.6 Å². The SMILES string of the molecule is CCC(C)(CCO)NC(=O)CNc1ccccc1[N+](=O)[O-]. The van der Waals surface area contributed by atoms with Crippen LogP contribution in [-0.2, 0) is 4.79 Å². The molecule has 1 atom stereocenters. The summed E-state index contributed by atoms with van der Waals surface area (Å²) >= 11 is 0. The van der Waals surface area contributed by atoms with Gasteiger partial charge in [-0.15, -0.1) is 0 Å². The number of nitro groups is 1. The van der Waals surface area contributed by atoms with Crippen molar-refractivity contribution in [1.29, 1.82) is 0 Å². The molecule has 1 aromatic rings. The van der Waals surface area contributed by atoms with Gasteiger partial charge in [0, 0.05) is 18.2 Å².